The lowest BCUT2D eigenvalue weighted by molar-refractivity contribution is 0.0698. The van der Waals surface area contributed by atoms with Crippen molar-refractivity contribution in [3.05, 3.63) is 29.8 Å². The molecule has 7 heteroatoms. The number of carboxylic acids is 1. The number of aliphatic hydroxyl groups excluding tert-OH is 1. The molecule has 3 N–H and O–H groups in total. The predicted octanol–water partition coefficient (Wildman–Crippen LogP) is 2.48. The van der Waals surface area contributed by atoms with Crippen LogP contribution in [0.15, 0.2) is 28.8 Å². The summed E-state index contributed by atoms with van der Waals surface area (Å²) >= 11 is 0. The fourth-order valence-corrected chi connectivity index (χ4v) is 2.13. The summed E-state index contributed by atoms with van der Waals surface area (Å²) in [6, 6.07) is 6.49. The Balaban J connectivity index is 2.39. The number of rotatable bonds is 7. The van der Waals surface area contributed by atoms with Gasteiger partial charge in [-0.15, -0.1) is 0 Å². The van der Waals surface area contributed by atoms with Crippen LogP contribution < -0.4 is 10.1 Å². The maximum absolute atomic E-state index is 11.6. The van der Waals surface area contributed by atoms with E-state index in [2.05, 4.69) is 10.5 Å². The van der Waals surface area contributed by atoms with Gasteiger partial charge in [-0.25, -0.2) is 4.79 Å². The highest BCUT2D eigenvalue weighted by Crippen LogP contribution is 2.31. The molecule has 0 aliphatic rings. The number of aromatic carboxylic acids is 1. The molecule has 0 radical (unpaired) electrons. The molecule has 0 aliphatic carbocycles. The van der Waals surface area contributed by atoms with E-state index in [4.69, 9.17) is 9.26 Å². The van der Waals surface area contributed by atoms with Crippen LogP contribution in [0.2, 0.25) is 0 Å². The summed E-state index contributed by atoms with van der Waals surface area (Å²) in [5.74, 6) is -0.134. The quantitative estimate of drug-likeness (QED) is 0.719. The first-order valence-electron chi connectivity index (χ1n) is 7.22. The van der Waals surface area contributed by atoms with Gasteiger partial charge in [-0.05, 0) is 30.2 Å². The van der Waals surface area contributed by atoms with Crippen LogP contribution in [0.1, 0.15) is 24.2 Å². The van der Waals surface area contributed by atoms with Crippen molar-refractivity contribution in [2.45, 2.75) is 19.9 Å². The highest BCUT2D eigenvalue weighted by Gasteiger charge is 2.26. The number of nitrogens with one attached hydrogen (secondary N) is 1. The summed E-state index contributed by atoms with van der Waals surface area (Å²) in [7, 11) is 1.55. The number of hydrogen-bond acceptors (Lipinski definition) is 6. The molecule has 7 nitrogen and oxygen atoms in total. The second kappa shape index (κ2) is 7.15. The number of nitrogens with zero attached hydrogens (tertiary/aromatic N) is 1. The smallest absolute Gasteiger partial charge is 0.343 e. The van der Waals surface area contributed by atoms with Gasteiger partial charge in [0.1, 0.15) is 5.75 Å². The molecular formula is C16H20N2O5. The van der Waals surface area contributed by atoms with Crippen LogP contribution in [0, 0.1) is 5.92 Å². The van der Waals surface area contributed by atoms with Gasteiger partial charge in [-0.3, -0.25) is 0 Å². The molecule has 0 saturated carbocycles. The lowest BCUT2D eigenvalue weighted by Crippen LogP contribution is -2.30. The van der Waals surface area contributed by atoms with Gasteiger partial charge in [0, 0.05) is 5.56 Å². The van der Waals surface area contributed by atoms with Crippen molar-refractivity contribution in [1.29, 1.82) is 0 Å². The van der Waals surface area contributed by atoms with E-state index in [9.17, 15) is 15.0 Å². The standard InChI is InChI=1S/C16H20N2O5/c1-9(2)12(8-19)17-15-13(16(20)21)14(23-18-15)10-4-6-11(22-3)7-5-10/h4-7,9,12,19H,8H2,1-3H3,(H,17,18)(H,20,21)/t12-/m1/s1. The van der Waals surface area contributed by atoms with Crippen LogP contribution in [0.25, 0.3) is 11.3 Å². The third-order valence-corrected chi connectivity index (χ3v) is 3.58. The van der Waals surface area contributed by atoms with E-state index < -0.39 is 5.97 Å². The molecule has 0 aliphatic heterocycles. The highest BCUT2D eigenvalue weighted by molar-refractivity contribution is 5.99. The largest absolute Gasteiger partial charge is 0.497 e. The Hall–Kier alpha value is -2.54. The zero-order chi connectivity index (χ0) is 17.0. The van der Waals surface area contributed by atoms with Gasteiger partial charge in [-0.1, -0.05) is 19.0 Å². The first kappa shape index (κ1) is 16.8. The Bertz CT molecular complexity index is 664. The minimum atomic E-state index is -1.15. The number of hydrogen-bond donors (Lipinski definition) is 3. The molecular weight excluding hydrogens is 300 g/mol. The molecule has 0 unspecified atom stereocenters. The molecule has 0 saturated heterocycles. The number of aliphatic hydroxyl groups is 1. The second-order valence-corrected chi connectivity index (χ2v) is 5.45. The Morgan fingerprint density at radius 1 is 1.35 bits per heavy atom. The van der Waals surface area contributed by atoms with Crippen LogP contribution in [0.5, 0.6) is 5.75 Å². The lowest BCUT2D eigenvalue weighted by atomic mass is 10.0. The fraction of sp³-hybridized carbons (Fsp3) is 0.375. The van der Waals surface area contributed by atoms with Crippen LogP contribution in [-0.4, -0.2) is 41.1 Å². The fourth-order valence-electron chi connectivity index (χ4n) is 2.13. The second-order valence-electron chi connectivity index (χ2n) is 5.45. The van der Waals surface area contributed by atoms with Crippen molar-refractivity contribution in [2.75, 3.05) is 19.0 Å². The van der Waals surface area contributed by atoms with E-state index in [0.717, 1.165) is 0 Å². The van der Waals surface area contributed by atoms with Gasteiger partial charge in [0.05, 0.1) is 19.8 Å². The third kappa shape index (κ3) is 3.62. The number of ether oxygens (including phenoxy) is 1. The molecule has 0 fully saturated rings. The number of carbonyl (C=O) groups is 1. The van der Waals surface area contributed by atoms with Crippen molar-refractivity contribution in [3.8, 4) is 17.1 Å². The summed E-state index contributed by atoms with van der Waals surface area (Å²) in [4.78, 5) is 11.6. The zero-order valence-corrected chi connectivity index (χ0v) is 13.2. The van der Waals surface area contributed by atoms with Gasteiger partial charge in [0.15, 0.2) is 17.1 Å². The summed E-state index contributed by atoms with van der Waals surface area (Å²) < 4.78 is 10.3. The number of carboxylic acid groups (broad SMARTS) is 1. The Kier molecular flexibility index (Phi) is 5.23. The Morgan fingerprint density at radius 3 is 2.48 bits per heavy atom. The maximum Gasteiger partial charge on any atom is 0.343 e. The van der Waals surface area contributed by atoms with E-state index in [1.54, 1.807) is 31.4 Å². The van der Waals surface area contributed by atoms with E-state index >= 15 is 0 Å². The minimum Gasteiger partial charge on any atom is -0.497 e. The average molecular weight is 320 g/mol. The van der Waals surface area contributed by atoms with Gasteiger partial charge >= 0.3 is 5.97 Å². The van der Waals surface area contributed by atoms with Crippen molar-refractivity contribution in [2.24, 2.45) is 5.92 Å². The monoisotopic (exact) mass is 320 g/mol. The Labute approximate surface area is 133 Å². The zero-order valence-electron chi connectivity index (χ0n) is 13.2. The molecule has 1 aromatic carbocycles. The summed E-state index contributed by atoms with van der Waals surface area (Å²) in [6.07, 6.45) is 0. The van der Waals surface area contributed by atoms with Gasteiger partial charge in [0.25, 0.3) is 0 Å². The number of anilines is 1. The number of aromatic nitrogens is 1. The summed E-state index contributed by atoms with van der Waals surface area (Å²) in [5, 5.41) is 25.6. The van der Waals surface area contributed by atoms with E-state index in [-0.39, 0.29) is 35.7 Å². The van der Waals surface area contributed by atoms with Crippen LogP contribution in [0.4, 0.5) is 5.82 Å². The maximum atomic E-state index is 11.6. The average Bonchev–Trinajstić information content (AvgIpc) is 2.96. The normalized spacial score (nSPS) is 12.2. The molecule has 1 atom stereocenters. The SMILES string of the molecule is COc1ccc(-c2onc(N[C@H](CO)C(C)C)c2C(=O)O)cc1. The molecule has 2 rings (SSSR count). The molecule has 0 amide bonds. The van der Waals surface area contributed by atoms with Gasteiger partial charge in [-0.2, -0.15) is 0 Å². The highest BCUT2D eigenvalue weighted by atomic mass is 16.5. The number of benzene rings is 1. The van der Waals surface area contributed by atoms with Gasteiger partial charge in [0.2, 0.25) is 0 Å². The molecule has 124 valence electrons. The topological polar surface area (TPSA) is 105 Å². The molecule has 0 spiro atoms. The lowest BCUT2D eigenvalue weighted by Gasteiger charge is -2.19. The van der Waals surface area contributed by atoms with Crippen molar-refractivity contribution in [1.82, 2.24) is 5.16 Å². The molecule has 1 heterocycles. The van der Waals surface area contributed by atoms with Crippen molar-refractivity contribution < 1.29 is 24.3 Å². The number of methoxy groups -OCH3 is 1. The van der Waals surface area contributed by atoms with E-state index in [1.165, 1.54) is 0 Å². The third-order valence-electron chi connectivity index (χ3n) is 3.58. The molecule has 1 aromatic heterocycles. The van der Waals surface area contributed by atoms with Crippen molar-refractivity contribution >= 4 is 11.8 Å². The van der Waals surface area contributed by atoms with Crippen LogP contribution >= 0.6 is 0 Å². The minimum absolute atomic E-state index is 0.0609. The van der Waals surface area contributed by atoms with Crippen molar-refractivity contribution in [3.63, 3.8) is 0 Å². The van der Waals surface area contributed by atoms with E-state index in [0.29, 0.717) is 11.3 Å². The van der Waals surface area contributed by atoms with Gasteiger partial charge < -0.3 is 24.8 Å². The molecule has 2 aromatic rings. The van der Waals surface area contributed by atoms with E-state index in [1.807, 2.05) is 13.8 Å². The summed E-state index contributed by atoms with van der Waals surface area (Å²) in [5.41, 5.74) is 0.517. The first-order valence-corrected chi connectivity index (χ1v) is 7.22. The first-order chi connectivity index (χ1) is 11.0. The predicted molar refractivity (Wildman–Crippen MR) is 84.8 cm³/mol. The molecule has 0 bridgehead atoms. The summed E-state index contributed by atoms with van der Waals surface area (Å²) in [6.45, 7) is 3.69. The molecule has 23 heavy (non-hydrogen) atoms. The van der Waals surface area contributed by atoms with Crippen LogP contribution in [-0.2, 0) is 0 Å². The van der Waals surface area contributed by atoms with Crippen LogP contribution in [0.3, 0.4) is 0 Å². The Morgan fingerprint density at radius 2 is 2.00 bits per heavy atom.